The average Bonchev–Trinajstić information content (AvgIpc) is 2.80. The highest BCUT2D eigenvalue weighted by molar-refractivity contribution is 6.30. The fraction of sp³-hybridized carbons (Fsp3) is 0.500. The van der Waals surface area contributed by atoms with Crippen molar-refractivity contribution in [2.45, 2.75) is 38.5 Å². The number of hydrogen-bond acceptors (Lipinski definition) is 1. The van der Waals surface area contributed by atoms with Gasteiger partial charge in [0.1, 0.15) is 0 Å². The highest BCUT2D eigenvalue weighted by atomic mass is 35.5. The molecule has 0 unspecified atom stereocenters. The molecule has 0 aromatic heterocycles. The van der Waals surface area contributed by atoms with E-state index in [2.05, 4.69) is 0 Å². The summed E-state index contributed by atoms with van der Waals surface area (Å²) in [5.74, 6) is 0.868. The van der Waals surface area contributed by atoms with E-state index >= 15 is 0 Å². The molecule has 0 radical (unpaired) electrons. The Labute approximate surface area is 102 Å². The first kappa shape index (κ1) is 11.7. The van der Waals surface area contributed by atoms with Crippen LogP contribution in [0.15, 0.2) is 24.3 Å². The normalized spacial score (nSPS) is 16.6. The fourth-order valence-electron chi connectivity index (χ4n) is 2.44. The van der Waals surface area contributed by atoms with Crippen LogP contribution in [0.1, 0.15) is 44.1 Å². The smallest absolute Gasteiger partial charge is 0.0406 e. The lowest BCUT2D eigenvalue weighted by Crippen LogP contribution is -2.02. The van der Waals surface area contributed by atoms with Crippen LogP contribution in [-0.2, 0) is 0 Å². The van der Waals surface area contributed by atoms with Gasteiger partial charge in [0, 0.05) is 10.7 Å². The molecule has 1 saturated carbocycles. The van der Waals surface area contributed by atoms with Gasteiger partial charge >= 0.3 is 0 Å². The Morgan fingerprint density at radius 3 is 2.44 bits per heavy atom. The minimum Gasteiger partial charge on any atom is -0.305 e. The molecule has 2 rings (SSSR count). The summed E-state index contributed by atoms with van der Waals surface area (Å²) in [6, 6.07) is 7.61. The molecular formula is C14H18ClN. The maximum absolute atomic E-state index is 8.02. The second-order valence-corrected chi connectivity index (χ2v) is 5.11. The second-order valence-electron chi connectivity index (χ2n) is 4.67. The molecule has 0 atom stereocenters. The second kappa shape index (κ2) is 5.49. The van der Waals surface area contributed by atoms with Gasteiger partial charge in [0.2, 0.25) is 0 Å². The highest BCUT2D eigenvalue weighted by Crippen LogP contribution is 2.29. The minimum atomic E-state index is 0.743. The first-order chi connectivity index (χ1) is 7.75. The zero-order valence-corrected chi connectivity index (χ0v) is 10.3. The molecule has 1 aliphatic carbocycles. The van der Waals surface area contributed by atoms with Crippen molar-refractivity contribution in [3.8, 4) is 0 Å². The first-order valence-corrected chi connectivity index (χ1v) is 6.47. The number of halogens is 1. The summed E-state index contributed by atoms with van der Waals surface area (Å²) < 4.78 is 0. The molecule has 0 saturated heterocycles. The maximum atomic E-state index is 8.02. The molecule has 1 aromatic carbocycles. The van der Waals surface area contributed by atoms with Gasteiger partial charge in [0.25, 0.3) is 0 Å². The van der Waals surface area contributed by atoms with Gasteiger partial charge in [-0.05, 0) is 36.5 Å². The van der Waals surface area contributed by atoms with Crippen molar-refractivity contribution in [1.82, 2.24) is 0 Å². The summed E-state index contributed by atoms with van der Waals surface area (Å²) >= 11 is 5.83. The molecule has 2 heteroatoms. The van der Waals surface area contributed by atoms with E-state index in [0.717, 1.165) is 28.6 Å². The van der Waals surface area contributed by atoms with E-state index in [-0.39, 0.29) is 0 Å². The molecule has 1 N–H and O–H groups in total. The summed E-state index contributed by atoms with van der Waals surface area (Å²) in [4.78, 5) is 0. The summed E-state index contributed by atoms with van der Waals surface area (Å²) in [5.41, 5.74) is 1.77. The van der Waals surface area contributed by atoms with Crippen molar-refractivity contribution >= 4 is 17.3 Å². The van der Waals surface area contributed by atoms with Gasteiger partial charge in [-0.3, -0.25) is 0 Å². The molecule has 1 fully saturated rings. The van der Waals surface area contributed by atoms with E-state index in [0.29, 0.717) is 0 Å². The fourth-order valence-corrected chi connectivity index (χ4v) is 2.57. The molecule has 1 aromatic rings. The Morgan fingerprint density at radius 1 is 1.19 bits per heavy atom. The van der Waals surface area contributed by atoms with Crippen LogP contribution in [0.4, 0.5) is 0 Å². The molecule has 0 amide bonds. The molecule has 1 nitrogen and oxygen atoms in total. The van der Waals surface area contributed by atoms with Crippen LogP contribution in [0.3, 0.4) is 0 Å². The SMILES string of the molecule is N=C(CCC1CCCC1)c1ccc(Cl)cc1. The van der Waals surface area contributed by atoms with Gasteiger partial charge < -0.3 is 5.41 Å². The first-order valence-electron chi connectivity index (χ1n) is 6.09. The van der Waals surface area contributed by atoms with Gasteiger partial charge in [-0.1, -0.05) is 49.4 Å². The Bertz CT molecular complexity index is 350. The van der Waals surface area contributed by atoms with Gasteiger partial charge in [-0.2, -0.15) is 0 Å². The maximum Gasteiger partial charge on any atom is 0.0406 e. The van der Waals surface area contributed by atoms with E-state index in [1.165, 1.54) is 32.1 Å². The summed E-state index contributed by atoms with van der Waals surface area (Å²) in [5, 5.41) is 8.76. The Hall–Kier alpha value is -0.820. The third-order valence-corrected chi connectivity index (χ3v) is 3.72. The van der Waals surface area contributed by atoms with Crippen molar-refractivity contribution in [2.24, 2.45) is 5.92 Å². The third-order valence-electron chi connectivity index (χ3n) is 3.47. The predicted octanol–water partition coefficient (Wildman–Crippen LogP) is 4.68. The molecule has 0 bridgehead atoms. The molecular weight excluding hydrogens is 218 g/mol. The largest absolute Gasteiger partial charge is 0.305 e. The quantitative estimate of drug-likeness (QED) is 0.733. The van der Waals surface area contributed by atoms with Crippen molar-refractivity contribution in [3.05, 3.63) is 34.9 Å². The number of benzene rings is 1. The molecule has 16 heavy (non-hydrogen) atoms. The van der Waals surface area contributed by atoms with Gasteiger partial charge in [-0.15, -0.1) is 0 Å². The number of rotatable bonds is 4. The summed E-state index contributed by atoms with van der Waals surface area (Å²) in [6.07, 6.45) is 7.60. The van der Waals surface area contributed by atoms with Crippen LogP contribution in [-0.4, -0.2) is 5.71 Å². The summed E-state index contributed by atoms with van der Waals surface area (Å²) in [7, 11) is 0. The average molecular weight is 236 g/mol. The van der Waals surface area contributed by atoms with Crippen molar-refractivity contribution in [1.29, 1.82) is 5.41 Å². The Morgan fingerprint density at radius 2 is 1.81 bits per heavy atom. The van der Waals surface area contributed by atoms with E-state index in [4.69, 9.17) is 17.0 Å². The zero-order valence-electron chi connectivity index (χ0n) is 9.51. The molecule has 0 heterocycles. The lowest BCUT2D eigenvalue weighted by atomic mass is 9.97. The van der Waals surface area contributed by atoms with Gasteiger partial charge in [-0.25, -0.2) is 0 Å². The Kier molecular flexibility index (Phi) is 4.00. The van der Waals surface area contributed by atoms with E-state index in [1.54, 1.807) is 0 Å². The number of nitrogens with one attached hydrogen (secondary N) is 1. The molecule has 0 aliphatic heterocycles. The highest BCUT2D eigenvalue weighted by Gasteiger charge is 2.15. The lowest BCUT2D eigenvalue weighted by molar-refractivity contribution is 0.515. The van der Waals surface area contributed by atoms with Crippen LogP contribution >= 0.6 is 11.6 Å². The molecule has 86 valence electrons. The van der Waals surface area contributed by atoms with Crippen molar-refractivity contribution < 1.29 is 0 Å². The van der Waals surface area contributed by atoms with Crippen LogP contribution in [0.2, 0.25) is 5.02 Å². The molecule has 0 spiro atoms. The Balaban J connectivity index is 1.85. The van der Waals surface area contributed by atoms with Gasteiger partial charge in [0.05, 0.1) is 0 Å². The topological polar surface area (TPSA) is 23.9 Å². The third kappa shape index (κ3) is 3.08. The van der Waals surface area contributed by atoms with E-state index in [1.807, 2.05) is 24.3 Å². The van der Waals surface area contributed by atoms with Crippen LogP contribution in [0, 0.1) is 11.3 Å². The van der Waals surface area contributed by atoms with E-state index < -0.39 is 0 Å². The number of hydrogen-bond donors (Lipinski definition) is 1. The standard InChI is InChI=1S/C14H18ClN/c15-13-8-6-12(7-9-13)14(16)10-5-11-3-1-2-4-11/h6-9,11,16H,1-5,10H2. The zero-order chi connectivity index (χ0) is 11.4. The monoisotopic (exact) mass is 235 g/mol. The minimum absolute atomic E-state index is 0.743. The van der Waals surface area contributed by atoms with Crippen LogP contribution in [0.5, 0.6) is 0 Å². The molecule has 1 aliphatic rings. The lowest BCUT2D eigenvalue weighted by Gasteiger charge is -2.09. The van der Waals surface area contributed by atoms with Crippen LogP contribution in [0.25, 0.3) is 0 Å². The van der Waals surface area contributed by atoms with E-state index in [9.17, 15) is 0 Å². The van der Waals surface area contributed by atoms with Crippen molar-refractivity contribution in [2.75, 3.05) is 0 Å². The predicted molar refractivity (Wildman–Crippen MR) is 69.5 cm³/mol. The summed E-state index contributed by atoms with van der Waals surface area (Å²) in [6.45, 7) is 0. The van der Waals surface area contributed by atoms with Crippen molar-refractivity contribution in [3.63, 3.8) is 0 Å². The van der Waals surface area contributed by atoms with Gasteiger partial charge in [0.15, 0.2) is 0 Å². The van der Waals surface area contributed by atoms with Crippen LogP contribution < -0.4 is 0 Å².